The zero-order valence-corrected chi connectivity index (χ0v) is 12.0. The number of esters is 1. The van der Waals surface area contributed by atoms with E-state index in [1.165, 1.54) is 6.26 Å². The second-order valence-electron chi connectivity index (χ2n) is 4.50. The first kappa shape index (κ1) is 14.0. The van der Waals surface area contributed by atoms with Crippen molar-refractivity contribution in [3.05, 3.63) is 60.6 Å². The van der Waals surface area contributed by atoms with Crippen molar-refractivity contribution in [3.8, 4) is 5.69 Å². The molecule has 3 aromatic heterocycles. The van der Waals surface area contributed by atoms with Gasteiger partial charge in [0.25, 0.3) is 0 Å². The summed E-state index contributed by atoms with van der Waals surface area (Å²) < 4.78 is 12.0. The van der Waals surface area contributed by atoms with Gasteiger partial charge in [-0.1, -0.05) is 0 Å². The number of hydrogen-bond donors (Lipinski definition) is 0. The number of oxazole rings is 1. The standard InChI is InChI=1S/C15H14N4O3/c1-2-21-15(20)13-9-22-14(18-13)7-11-3-4-12(8-17-11)19-6-5-16-10-19/h3-6,8-10H,2,7H2,1H3. The monoisotopic (exact) mass is 298 g/mol. The van der Waals surface area contributed by atoms with Crippen LogP contribution < -0.4 is 0 Å². The molecule has 3 aromatic rings. The van der Waals surface area contributed by atoms with Crippen molar-refractivity contribution in [1.29, 1.82) is 0 Å². The predicted octanol–water partition coefficient (Wildman–Crippen LogP) is 2.02. The maximum atomic E-state index is 11.5. The van der Waals surface area contributed by atoms with Crippen molar-refractivity contribution in [2.45, 2.75) is 13.3 Å². The lowest BCUT2D eigenvalue weighted by molar-refractivity contribution is 0.0519. The average molecular weight is 298 g/mol. The molecular formula is C15H14N4O3. The van der Waals surface area contributed by atoms with Crippen LogP contribution >= 0.6 is 0 Å². The van der Waals surface area contributed by atoms with Crippen LogP contribution in [0.25, 0.3) is 5.69 Å². The van der Waals surface area contributed by atoms with Crippen molar-refractivity contribution < 1.29 is 13.9 Å². The Morgan fingerprint density at radius 2 is 2.32 bits per heavy atom. The maximum Gasteiger partial charge on any atom is 0.360 e. The van der Waals surface area contributed by atoms with Gasteiger partial charge in [-0.15, -0.1) is 0 Å². The van der Waals surface area contributed by atoms with Gasteiger partial charge in [-0.05, 0) is 19.1 Å². The normalized spacial score (nSPS) is 10.6. The van der Waals surface area contributed by atoms with Crippen molar-refractivity contribution in [2.75, 3.05) is 6.61 Å². The van der Waals surface area contributed by atoms with Gasteiger partial charge in [0.05, 0.1) is 31.2 Å². The van der Waals surface area contributed by atoms with Gasteiger partial charge in [0.2, 0.25) is 5.89 Å². The molecule has 0 bridgehead atoms. The second-order valence-corrected chi connectivity index (χ2v) is 4.50. The van der Waals surface area contributed by atoms with Crippen molar-refractivity contribution in [3.63, 3.8) is 0 Å². The van der Waals surface area contributed by atoms with E-state index in [9.17, 15) is 4.79 Å². The third kappa shape index (κ3) is 3.03. The number of rotatable bonds is 5. The molecule has 22 heavy (non-hydrogen) atoms. The van der Waals surface area contributed by atoms with Gasteiger partial charge in [-0.3, -0.25) is 4.98 Å². The lowest BCUT2D eigenvalue weighted by Crippen LogP contribution is -2.05. The highest BCUT2D eigenvalue weighted by Crippen LogP contribution is 2.11. The first-order valence-corrected chi connectivity index (χ1v) is 6.81. The highest BCUT2D eigenvalue weighted by molar-refractivity contribution is 5.86. The summed E-state index contributed by atoms with van der Waals surface area (Å²) in [5, 5.41) is 0. The van der Waals surface area contributed by atoms with E-state index in [1.54, 1.807) is 25.6 Å². The lowest BCUT2D eigenvalue weighted by atomic mass is 10.2. The summed E-state index contributed by atoms with van der Waals surface area (Å²) in [5.74, 6) is -0.0631. The molecule has 112 valence electrons. The van der Waals surface area contributed by atoms with E-state index in [1.807, 2.05) is 22.9 Å². The molecular weight excluding hydrogens is 284 g/mol. The van der Waals surface area contributed by atoms with Gasteiger partial charge in [-0.2, -0.15) is 0 Å². The molecule has 0 unspecified atom stereocenters. The van der Waals surface area contributed by atoms with Crippen LogP contribution in [-0.2, 0) is 11.2 Å². The zero-order valence-electron chi connectivity index (χ0n) is 12.0. The van der Waals surface area contributed by atoms with Crippen LogP contribution in [0.15, 0.2) is 47.7 Å². The molecule has 3 heterocycles. The third-order valence-electron chi connectivity index (χ3n) is 2.98. The smallest absolute Gasteiger partial charge is 0.360 e. The number of ether oxygens (including phenoxy) is 1. The summed E-state index contributed by atoms with van der Waals surface area (Å²) in [6.07, 6.45) is 8.70. The number of nitrogens with zero attached hydrogens (tertiary/aromatic N) is 4. The molecule has 0 aliphatic rings. The molecule has 0 radical (unpaired) electrons. The largest absolute Gasteiger partial charge is 0.461 e. The molecule has 0 N–H and O–H groups in total. The minimum absolute atomic E-state index is 0.173. The number of carbonyl (C=O) groups excluding carboxylic acids is 1. The van der Waals surface area contributed by atoms with Gasteiger partial charge in [-0.25, -0.2) is 14.8 Å². The van der Waals surface area contributed by atoms with Crippen LogP contribution in [0.1, 0.15) is 29.0 Å². The number of imidazole rings is 1. The van der Waals surface area contributed by atoms with Crippen molar-refractivity contribution in [1.82, 2.24) is 19.5 Å². The summed E-state index contributed by atoms with van der Waals surface area (Å²) in [4.78, 5) is 24.0. The van der Waals surface area contributed by atoms with Crippen molar-refractivity contribution in [2.24, 2.45) is 0 Å². The number of pyridine rings is 1. The van der Waals surface area contributed by atoms with Crippen molar-refractivity contribution >= 4 is 5.97 Å². The van der Waals surface area contributed by atoms with Gasteiger partial charge in [0, 0.05) is 18.1 Å². The molecule has 0 fully saturated rings. The van der Waals surface area contributed by atoms with Gasteiger partial charge < -0.3 is 13.7 Å². The van der Waals surface area contributed by atoms with E-state index >= 15 is 0 Å². The Hall–Kier alpha value is -2.96. The second kappa shape index (κ2) is 6.21. The predicted molar refractivity (Wildman–Crippen MR) is 76.6 cm³/mol. The van der Waals surface area contributed by atoms with Crippen LogP contribution in [0.5, 0.6) is 0 Å². The molecule has 0 aliphatic carbocycles. The SMILES string of the molecule is CCOC(=O)c1coc(Cc2ccc(-n3ccnc3)cn2)n1. The molecule has 0 aromatic carbocycles. The average Bonchev–Trinajstić information content (AvgIpc) is 3.19. The third-order valence-corrected chi connectivity index (χ3v) is 2.98. The Labute approximate surface area is 126 Å². The van der Waals surface area contributed by atoms with Gasteiger partial charge >= 0.3 is 5.97 Å². The van der Waals surface area contributed by atoms with Crippen LogP contribution in [0.4, 0.5) is 0 Å². The van der Waals surface area contributed by atoms with E-state index in [0.717, 1.165) is 11.4 Å². The Balaban J connectivity index is 1.70. The summed E-state index contributed by atoms with van der Waals surface area (Å²) in [6.45, 7) is 2.04. The minimum Gasteiger partial charge on any atom is -0.461 e. The fourth-order valence-electron chi connectivity index (χ4n) is 1.93. The molecule has 0 spiro atoms. The Morgan fingerprint density at radius 3 is 3.00 bits per heavy atom. The lowest BCUT2D eigenvalue weighted by Gasteiger charge is -2.02. The molecule has 0 aliphatic heterocycles. The zero-order chi connectivity index (χ0) is 15.4. The quantitative estimate of drug-likeness (QED) is 0.670. The van der Waals surface area contributed by atoms with E-state index < -0.39 is 5.97 Å². The number of aromatic nitrogens is 4. The Kier molecular flexibility index (Phi) is 3.95. The fourth-order valence-corrected chi connectivity index (χ4v) is 1.93. The van der Waals surface area contributed by atoms with E-state index in [-0.39, 0.29) is 5.69 Å². The minimum atomic E-state index is -0.485. The van der Waals surface area contributed by atoms with Crippen LogP contribution in [0.3, 0.4) is 0 Å². The van der Waals surface area contributed by atoms with Crippen LogP contribution in [0, 0.1) is 0 Å². The van der Waals surface area contributed by atoms with Gasteiger partial charge in [0.15, 0.2) is 5.69 Å². The van der Waals surface area contributed by atoms with Crippen LogP contribution in [-0.4, -0.2) is 32.1 Å². The van der Waals surface area contributed by atoms with E-state index in [0.29, 0.717) is 18.9 Å². The Bertz CT molecular complexity index is 747. The number of carbonyl (C=O) groups is 1. The first-order valence-electron chi connectivity index (χ1n) is 6.81. The maximum absolute atomic E-state index is 11.5. The first-order chi connectivity index (χ1) is 10.8. The van der Waals surface area contributed by atoms with Crippen LogP contribution in [0.2, 0.25) is 0 Å². The molecule has 3 rings (SSSR count). The Morgan fingerprint density at radius 1 is 1.41 bits per heavy atom. The summed E-state index contributed by atoms with van der Waals surface area (Å²) in [5.41, 5.74) is 1.88. The number of hydrogen-bond acceptors (Lipinski definition) is 6. The molecule has 7 heteroatoms. The van der Waals surface area contributed by atoms with E-state index in [4.69, 9.17) is 9.15 Å². The summed E-state index contributed by atoms with van der Waals surface area (Å²) in [6, 6.07) is 3.81. The summed E-state index contributed by atoms with van der Waals surface area (Å²) in [7, 11) is 0. The molecule has 0 atom stereocenters. The molecule has 7 nitrogen and oxygen atoms in total. The molecule has 0 saturated carbocycles. The highest BCUT2D eigenvalue weighted by atomic mass is 16.5. The summed E-state index contributed by atoms with van der Waals surface area (Å²) >= 11 is 0. The topological polar surface area (TPSA) is 83.0 Å². The highest BCUT2D eigenvalue weighted by Gasteiger charge is 2.13. The molecule has 0 saturated heterocycles. The molecule has 0 amide bonds. The van der Waals surface area contributed by atoms with E-state index in [2.05, 4.69) is 15.0 Å². The van der Waals surface area contributed by atoms with Gasteiger partial charge in [0.1, 0.15) is 6.26 Å². The fraction of sp³-hybridized carbons (Fsp3) is 0.200.